The summed E-state index contributed by atoms with van der Waals surface area (Å²) in [5, 5.41) is 0. The molecule has 1 heterocycles. The number of halogens is 2. The summed E-state index contributed by atoms with van der Waals surface area (Å²) in [5.74, 6) is -0.277. The van der Waals surface area contributed by atoms with E-state index in [9.17, 15) is 8.78 Å². The number of hydrogen-bond acceptors (Lipinski definition) is 3. The molecule has 0 saturated carbocycles. The molecule has 1 aliphatic rings. The lowest BCUT2D eigenvalue weighted by molar-refractivity contribution is 0.0976. The van der Waals surface area contributed by atoms with Gasteiger partial charge in [0, 0.05) is 23.7 Å². The summed E-state index contributed by atoms with van der Waals surface area (Å²) in [4.78, 5) is 0. The third kappa shape index (κ3) is 2.20. The standard InChI is InChI=1S/C15H13F2NO2/c16-9-4-5-11(13(17)6-9)12-2-1-3-14-15(12)20-10(7-18)8-19-14/h1-6,10H,7-8,18H2/t10-/m0/s1. The van der Waals surface area contributed by atoms with Crippen LogP contribution in [0.25, 0.3) is 11.1 Å². The quantitative estimate of drug-likeness (QED) is 0.918. The van der Waals surface area contributed by atoms with Crippen LogP contribution in [0.4, 0.5) is 8.78 Å². The molecule has 0 amide bonds. The third-order valence-corrected chi connectivity index (χ3v) is 3.17. The molecule has 0 aromatic heterocycles. The molecule has 0 spiro atoms. The lowest BCUT2D eigenvalue weighted by Crippen LogP contribution is -2.35. The first-order valence-electron chi connectivity index (χ1n) is 6.27. The summed E-state index contributed by atoms with van der Waals surface area (Å²) in [6, 6.07) is 8.63. The van der Waals surface area contributed by atoms with Crippen molar-refractivity contribution in [2.75, 3.05) is 13.2 Å². The predicted octanol–water partition coefficient (Wildman–Crippen LogP) is 2.73. The summed E-state index contributed by atoms with van der Waals surface area (Å²) in [6.45, 7) is 0.665. The van der Waals surface area contributed by atoms with Gasteiger partial charge in [-0.15, -0.1) is 0 Å². The van der Waals surface area contributed by atoms with Crippen molar-refractivity contribution in [2.24, 2.45) is 5.73 Å². The van der Waals surface area contributed by atoms with Gasteiger partial charge in [0.1, 0.15) is 24.3 Å². The fraction of sp³-hybridized carbons (Fsp3) is 0.200. The first-order valence-corrected chi connectivity index (χ1v) is 6.27. The second-order valence-corrected chi connectivity index (χ2v) is 4.54. The van der Waals surface area contributed by atoms with Gasteiger partial charge in [0.2, 0.25) is 0 Å². The van der Waals surface area contributed by atoms with Gasteiger partial charge in [-0.1, -0.05) is 12.1 Å². The highest BCUT2D eigenvalue weighted by atomic mass is 19.1. The molecule has 0 radical (unpaired) electrons. The molecule has 1 atom stereocenters. The molecule has 1 aliphatic heterocycles. The SMILES string of the molecule is NC[C@H]1COc2cccc(-c3ccc(F)cc3F)c2O1. The molecule has 3 rings (SSSR count). The number of nitrogens with two attached hydrogens (primary N) is 1. The monoisotopic (exact) mass is 277 g/mol. The van der Waals surface area contributed by atoms with Crippen molar-refractivity contribution in [1.82, 2.24) is 0 Å². The van der Waals surface area contributed by atoms with E-state index in [1.165, 1.54) is 12.1 Å². The van der Waals surface area contributed by atoms with E-state index < -0.39 is 11.6 Å². The van der Waals surface area contributed by atoms with Crippen molar-refractivity contribution in [3.8, 4) is 22.6 Å². The smallest absolute Gasteiger partial charge is 0.169 e. The van der Waals surface area contributed by atoms with Crippen LogP contribution in [0.1, 0.15) is 0 Å². The molecule has 0 aliphatic carbocycles. The van der Waals surface area contributed by atoms with E-state index in [0.717, 1.165) is 6.07 Å². The van der Waals surface area contributed by atoms with Gasteiger partial charge in [-0.2, -0.15) is 0 Å². The van der Waals surface area contributed by atoms with Crippen LogP contribution in [0.5, 0.6) is 11.5 Å². The number of rotatable bonds is 2. The van der Waals surface area contributed by atoms with Crippen molar-refractivity contribution in [1.29, 1.82) is 0 Å². The lowest BCUT2D eigenvalue weighted by atomic mass is 10.0. The highest BCUT2D eigenvalue weighted by Gasteiger charge is 2.24. The van der Waals surface area contributed by atoms with Crippen LogP contribution in [0.3, 0.4) is 0 Å². The number of benzene rings is 2. The number of hydrogen-bond donors (Lipinski definition) is 1. The number of para-hydroxylation sites is 1. The number of fused-ring (bicyclic) bond motifs is 1. The fourth-order valence-corrected chi connectivity index (χ4v) is 2.17. The van der Waals surface area contributed by atoms with Crippen molar-refractivity contribution in [3.63, 3.8) is 0 Å². The highest BCUT2D eigenvalue weighted by Crippen LogP contribution is 2.41. The minimum Gasteiger partial charge on any atom is -0.486 e. The minimum atomic E-state index is -0.642. The van der Waals surface area contributed by atoms with E-state index in [1.54, 1.807) is 18.2 Å². The Labute approximate surface area is 114 Å². The van der Waals surface area contributed by atoms with Gasteiger partial charge in [-0.3, -0.25) is 0 Å². The summed E-state index contributed by atoms with van der Waals surface area (Å²) >= 11 is 0. The maximum absolute atomic E-state index is 13.9. The fourth-order valence-electron chi connectivity index (χ4n) is 2.17. The molecule has 2 aromatic carbocycles. The Hall–Kier alpha value is -2.14. The Bertz CT molecular complexity index is 646. The van der Waals surface area contributed by atoms with Gasteiger partial charge < -0.3 is 15.2 Å². The predicted molar refractivity (Wildman–Crippen MR) is 70.8 cm³/mol. The summed E-state index contributed by atoms with van der Waals surface area (Å²) < 4.78 is 38.2. The molecule has 2 N–H and O–H groups in total. The maximum Gasteiger partial charge on any atom is 0.169 e. The second-order valence-electron chi connectivity index (χ2n) is 4.54. The van der Waals surface area contributed by atoms with E-state index in [1.807, 2.05) is 0 Å². The Balaban J connectivity index is 2.10. The molecular formula is C15H13F2NO2. The number of ether oxygens (including phenoxy) is 2. The van der Waals surface area contributed by atoms with Gasteiger partial charge in [-0.05, 0) is 18.2 Å². The molecule has 20 heavy (non-hydrogen) atoms. The topological polar surface area (TPSA) is 44.5 Å². The summed E-state index contributed by atoms with van der Waals surface area (Å²) in [6.07, 6.45) is -0.271. The zero-order chi connectivity index (χ0) is 14.1. The van der Waals surface area contributed by atoms with Crippen molar-refractivity contribution < 1.29 is 18.3 Å². The molecule has 104 valence electrons. The third-order valence-electron chi connectivity index (χ3n) is 3.17. The molecule has 3 nitrogen and oxygen atoms in total. The van der Waals surface area contributed by atoms with Gasteiger partial charge in [0.05, 0.1) is 0 Å². The van der Waals surface area contributed by atoms with E-state index in [0.29, 0.717) is 30.2 Å². The normalized spacial score (nSPS) is 17.1. The van der Waals surface area contributed by atoms with Crippen LogP contribution in [-0.2, 0) is 0 Å². The second kappa shape index (κ2) is 5.09. The minimum absolute atomic E-state index is 0.268. The van der Waals surface area contributed by atoms with Crippen LogP contribution >= 0.6 is 0 Å². The summed E-state index contributed by atoms with van der Waals surface area (Å²) in [7, 11) is 0. The van der Waals surface area contributed by atoms with Crippen molar-refractivity contribution in [3.05, 3.63) is 48.0 Å². The first-order chi connectivity index (χ1) is 9.69. The van der Waals surface area contributed by atoms with E-state index in [4.69, 9.17) is 15.2 Å². The van der Waals surface area contributed by atoms with Gasteiger partial charge in [-0.25, -0.2) is 8.78 Å². The van der Waals surface area contributed by atoms with E-state index in [2.05, 4.69) is 0 Å². The Kier molecular flexibility index (Phi) is 3.28. The highest BCUT2D eigenvalue weighted by molar-refractivity contribution is 5.74. The zero-order valence-corrected chi connectivity index (χ0v) is 10.6. The average molecular weight is 277 g/mol. The molecule has 0 fully saturated rings. The Morgan fingerprint density at radius 2 is 2.00 bits per heavy atom. The Morgan fingerprint density at radius 1 is 1.15 bits per heavy atom. The average Bonchev–Trinajstić information content (AvgIpc) is 2.46. The maximum atomic E-state index is 13.9. The summed E-state index contributed by atoms with van der Waals surface area (Å²) in [5.41, 5.74) is 6.36. The Morgan fingerprint density at radius 3 is 2.75 bits per heavy atom. The van der Waals surface area contributed by atoms with Crippen molar-refractivity contribution >= 4 is 0 Å². The molecule has 5 heteroatoms. The van der Waals surface area contributed by atoms with Crippen LogP contribution in [0, 0.1) is 11.6 Å². The van der Waals surface area contributed by atoms with Crippen LogP contribution < -0.4 is 15.2 Å². The molecule has 2 aromatic rings. The molecule has 0 bridgehead atoms. The van der Waals surface area contributed by atoms with Gasteiger partial charge in [0.25, 0.3) is 0 Å². The molecular weight excluding hydrogens is 264 g/mol. The van der Waals surface area contributed by atoms with Gasteiger partial charge in [0.15, 0.2) is 11.5 Å². The molecule has 0 saturated heterocycles. The largest absolute Gasteiger partial charge is 0.486 e. The van der Waals surface area contributed by atoms with Gasteiger partial charge >= 0.3 is 0 Å². The lowest BCUT2D eigenvalue weighted by Gasteiger charge is -2.27. The first kappa shape index (κ1) is 12.9. The van der Waals surface area contributed by atoms with E-state index >= 15 is 0 Å². The zero-order valence-electron chi connectivity index (χ0n) is 10.6. The van der Waals surface area contributed by atoms with Crippen molar-refractivity contribution in [2.45, 2.75) is 6.10 Å². The van der Waals surface area contributed by atoms with Crippen LogP contribution in [0.2, 0.25) is 0 Å². The van der Waals surface area contributed by atoms with Crippen LogP contribution in [-0.4, -0.2) is 19.3 Å². The van der Waals surface area contributed by atoms with E-state index in [-0.39, 0.29) is 11.7 Å². The van der Waals surface area contributed by atoms with Crippen LogP contribution in [0.15, 0.2) is 36.4 Å². The molecule has 0 unspecified atom stereocenters.